The van der Waals surface area contributed by atoms with E-state index in [0.717, 1.165) is 5.56 Å². The third kappa shape index (κ3) is 2.71. The normalized spacial score (nSPS) is 9.09. The van der Waals surface area contributed by atoms with Crippen molar-refractivity contribution < 1.29 is 9.53 Å². The maximum Gasteiger partial charge on any atom is 0.452 e. The Morgan fingerprint density at radius 3 is 2.55 bits per heavy atom. The summed E-state index contributed by atoms with van der Waals surface area (Å²) in [5, 5.41) is 0. The second-order valence-electron chi connectivity index (χ2n) is 2.04. The average Bonchev–Trinajstić information content (AvgIpc) is 2.03. The molecule has 1 rings (SSSR count). The van der Waals surface area contributed by atoms with Crippen LogP contribution in [-0.4, -0.2) is 6.09 Å². The van der Waals surface area contributed by atoms with Gasteiger partial charge in [0.15, 0.2) is 0 Å². The van der Waals surface area contributed by atoms with E-state index < -0.39 is 6.09 Å². The van der Waals surface area contributed by atoms with Gasteiger partial charge in [0.1, 0.15) is 6.61 Å². The predicted molar refractivity (Wildman–Crippen MR) is 38.8 cm³/mol. The zero-order valence-corrected chi connectivity index (χ0v) is 5.86. The number of hydrogen-bond acceptors (Lipinski definition) is 2. The maximum atomic E-state index is 9.95. The average molecular weight is 149 g/mol. The third-order valence-corrected chi connectivity index (χ3v) is 1.21. The van der Waals surface area contributed by atoms with Crippen molar-refractivity contribution in [1.29, 1.82) is 0 Å². The molecule has 2 radical (unpaired) electrons. The molecule has 0 aromatic heterocycles. The van der Waals surface area contributed by atoms with Crippen LogP contribution in [0.25, 0.3) is 0 Å². The van der Waals surface area contributed by atoms with E-state index in [-0.39, 0.29) is 6.61 Å². The molecular formula is C8H7NO2. The van der Waals surface area contributed by atoms with Crippen molar-refractivity contribution >= 4 is 6.09 Å². The molecule has 3 heteroatoms. The molecule has 0 spiro atoms. The summed E-state index contributed by atoms with van der Waals surface area (Å²) in [5.74, 6) is 0. The van der Waals surface area contributed by atoms with E-state index in [1.807, 2.05) is 30.3 Å². The molecule has 3 nitrogen and oxygen atoms in total. The van der Waals surface area contributed by atoms with Crippen LogP contribution in [0.15, 0.2) is 30.3 Å². The molecule has 0 saturated heterocycles. The van der Waals surface area contributed by atoms with Gasteiger partial charge in [0.05, 0.1) is 0 Å². The zero-order chi connectivity index (χ0) is 8.10. The van der Waals surface area contributed by atoms with Gasteiger partial charge in [0.25, 0.3) is 0 Å². The van der Waals surface area contributed by atoms with Crippen LogP contribution in [0.5, 0.6) is 0 Å². The Bertz CT molecular complexity index is 233. The molecule has 0 bridgehead atoms. The van der Waals surface area contributed by atoms with Gasteiger partial charge in [-0.2, -0.15) is 0 Å². The van der Waals surface area contributed by atoms with Crippen molar-refractivity contribution in [3.05, 3.63) is 35.9 Å². The molecule has 1 amide bonds. The highest BCUT2D eigenvalue weighted by atomic mass is 16.5. The van der Waals surface area contributed by atoms with Gasteiger partial charge in [-0.25, -0.2) is 4.79 Å². The van der Waals surface area contributed by atoms with E-state index in [0.29, 0.717) is 0 Å². The topological polar surface area (TPSA) is 48.6 Å². The Kier molecular flexibility index (Phi) is 2.49. The van der Waals surface area contributed by atoms with Gasteiger partial charge in [-0.3, -0.25) is 0 Å². The van der Waals surface area contributed by atoms with Gasteiger partial charge in [-0.05, 0) is 5.56 Å². The lowest BCUT2D eigenvalue weighted by Crippen LogP contribution is -2.01. The molecule has 0 aliphatic heterocycles. The van der Waals surface area contributed by atoms with Crippen LogP contribution < -0.4 is 5.73 Å². The van der Waals surface area contributed by atoms with E-state index in [4.69, 9.17) is 5.73 Å². The van der Waals surface area contributed by atoms with Crippen LogP contribution in [0.1, 0.15) is 5.56 Å². The smallest absolute Gasteiger partial charge is 0.442 e. The van der Waals surface area contributed by atoms with Gasteiger partial charge >= 0.3 is 6.09 Å². The fraction of sp³-hybridized carbons (Fsp3) is 0.125. The second-order valence-corrected chi connectivity index (χ2v) is 2.04. The molecule has 0 unspecified atom stereocenters. The minimum Gasteiger partial charge on any atom is -0.442 e. The van der Waals surface area contributed by atoms with Crippen molar-refractivity contribution in [1.82, 2.24) is 5.73 Å². The second kappa shape index (κ2) is 3.61. The maximum absolute atomic E-state index is 9.95. The summed E-state index contributed by atoms with van der Waals surface area (Å²) in [5.41, 5.74) is 9.01. The standard InChI is InChI=1S/C8H7NO2/c9-8(10)11-6-7-4-2-1-3-5-7/h1-5H,6H2. The summed E-state index contributed by atoms with van der Waals surface area (Å²) in [6, 6.07) is 9.15. The van der Waals surface area contributed by atoms with E-state index in [2.05, 4.69) is 4.74 Å². The Morgan fingerprint density at radius 2 is 2.00 bits per heavy atom. The van der Waals surface area contributed by atoms with Crippen LogP contribution in [0.2, 0.25) is 0 Å². The van der Waals surface area contributed by atoms with Gasteiger partial charge in [0, 0.05) is 0 Å². The summed E-state index contributed by atoms with van der Waals surface area (Å²) in [7, 11) is 0. The monoisotopic (exact) mass is 149 g/mol. The summed E-state index contributed by atoms with van der Waals surface area (Å²) in [4.78, 5) is 9.95. The zero-order valence-electron chi connectivity index (χ0n) is 5.86. The summed E-state index contributed by atoms with van der Waals surface area (Å²) in [6.45, 7) is 0.121. The minimum absolute atomic E-state index is 0.121. The van der Waals surface area contributed by atoms with Gasteiger partial charge in [-0.15, -0.1) is 0 Å². The van der Waals surface area contributed by atoms with Gasteiger partial charge < -0.3 is 4.74 Å². The lowest BCUT2D eigenvalue weighted by atomic mass is 10.2. The number of carbonyl (C=O) groups is 1. The number of benzene rings is 1. The molecule has 1 aromatic rings. The quantitative estimate of drug-likeness (QED) is 0.638. The highest BCUT2D eigenvalue weighted by Gasteiger charge is 1.96. The van der Waals surface area contributed by atoms with Gasteiger partial charge in [0.2, 0.25) is 0 Å². The fourth-order valence-electron chi connectivity index (χ4n) is 0.719. The van der Waals surface area contributed by atoms with Crippen molar-refractivity contribution in [3.8, 4) is 0 Å². The molecule has 0 aliphatic rings. The number of rotatable bonds is 2. The van der Waals surface area contributed by atoms with E-state index >= 15 is 0 Å². The van der Waals surface area contributed by atoms with E-state index in [1.165, 1.54) is 0 Å². The molecule has 0 saturated carbocycles. The molecule has 0 heterocycles. The number of carbonyl (C=O) groups excluding carboxylic acids is 1. The Balaban J connectivity index is 2.45. The van der Waals surface area contributed by atoms with Crippen molar-refractivity contribution in [2.24, 2.45) is 0 Å². The Hall–Kier alpha value is -1.51. The van der Waals surface area contributed by atoms with Gasteiger partial charge in [-0.1, -0.05) is 36.1 Å². The van der Waals surface area contributed by atoms with Crippen LogP contribution in [0.4, 0.5) is 4.79 Å². The summed E-state index contributed by atoms with van der Waals surface area (Å²) >= 11 is 0. The van der Waals surface area contributed by atoms with Crippen LogP contribution in [-0.2, 0) is 11.3 Å². The fourth-order valence-corrected chi connectivity index (χ4v) is 0.719. The first kappa shape index (κ1) is 7.60. The van der Waals surface area contributed by atoms with Crippen molar-refractivity contribution in [2.45, 2.75) is 6.61 Å². The molecule has 0 aliphatic carbocycles. The van der Waals surface area contributed by atoms with Crippen LogP contribution >= 0.6 is 0 Å². The van der Waals surface area contributed by atoms with E-state index in [1.54, 1.807) is 0 Å². The first-order chi connectivity index (χ1) is 5.29. The lowest BCUT2D eigenvalue weighted by molar-refractivity contribution is 0.148. The molecule has 56 valence electrons. The molecule has 0 atom stereocenters. The molecular weight excluding hydrogens is 142 g/mol. The highest BCUT2D eigenvalue weighted by molar-refractivity contribution is 5.63. The van der Waals surface area contributed by atoms with Crippen LogP contribution in [0.3, 0.4) is 0 Å². The third-order valence-electron chi connectivity index (χ3n) is 1.21. The number of nitrogens with zero attached hydrogens (tertiary/aromatic N) is 1. The van der Waals surface area contributed by atoms with Crippen molar-refractivity contribution in [3.63, 3.8) is 0 Å². The summed E-state index contributed by atoms with van der Waals surface area (Å²) < 4.78 is 4.34. The number of hydrogen-bond donors (Lipinski definition) is 0. The number of ether oxygens (including phenoxy) is 1. The minimum atomic E-state index is -1.24. The SMILES string of the molecule is [N]C(=O)OCc1ccccc1. The first-order valence-corrected chi connectivity index (χ1v) is 3.18. The Morgan fingerprint density at radius 1 is 1.36 bits per heavy atom. The van der Waals surface area contributed by atoms with Crippen molar-refractivity contribution in [2.75, 3.05) is 0 Å². The number of amides is 1. The largest absolute Gasteiger partial charge is 0.452 e. The molecule has 0 N–H and O–H groups in total. The summed E-state index contributed by atoms with van der Waals surface area (Å²) in [6.07, 6.45) is -1.24. The molecule has 11 heavy (non-hydrogen) atoms. The van der Waals surface area contributed by atoms with Crippen LogP contribution in [0, 0.1) is 0 Å². The Labute approximate surface area is 64.8 Å². The molecule has 0 fully saturated rings. The predicted octanol–water partition coefficient (Wildman–Crippen LogP) is 1.39. The lowest BCUT2D eigenvalue weighted by Gasteiger charge is -1.98. The van der Waals surface area contributed by atoms with E-state index in [9.17, 15) is 4.79 Å². The highest BCUT2D eigenvalue weighted by Crippen LogP contribution is 1.99. The molecule has 1 aromatic carbocycles. The first-order valence-electron chi connectivity index (χ1n) is 3.18.